The van der Waals surface area contributed by atoms with Gasteiger partial charge in [0, 0.05) is 0 Å². The van der Waals surface area contributed by atoms with Gasteiger partial charge in [0.25, 0.3) is 0 Å². The maximum atomic E-state index is 5.79. The Balaban J connectivity index is 0.000000861. The van der Waals surface area contributed by atoms with E-state index < -0.39 is 0 Å². The third kappa shape index (κ3) is 5.78. The summed E-state index contributed by atoms with van der Waals surface area (Å²) in [6.07, 6.45) is 8.05. The van der Waals surface area contributed by atoms with E-state index in [1.165, 1.54) is 29.6 Å². The molecule has 1 nitrogen and oxygen atoms in total. The minimum atomic E-state index is 0.715. The Bertz CT molecular complexity index is 424. The smallest absolute Gasteiger partial charge is 0.119 e. The molecule has 0 aliphatic heterocycles. The molecule has 0 radical (unpaired) electrons. The van der Waals surface area contributed by atoms with Crippen molar-refractivity contribution in [2.75, 3.05) is 6.61 Å². The van der Waals surface area contributed by atoms with Crippen LogP contribution in [0.25, 0.3) is 0 Å². The van der Waals surface area contributed by atoms with Gasteiger partial charge in [-0.15, -0.1) is 0 Å². The maximum Gasteiger partial charge on any atom is 0.119 e. The fourth-order valence-electron chi connectivity index (χ4n) is 1.95. The largest absolute Gasteiger partial charge is 0.489 e. The molecule has 0 spiro atoms. The number of allylic oxidation sites excluding steroid dienone is 3. The van der Waals surface area contributed by atoms with Crippen LogP contribution in [0.4, 0.5) is 0 Å². The van der Waals surface area contributed by atoms with Crippen molar-refractivity contribution < 1.29 is 4.74 Å². The van der Waals surface area contributed by atoms with Crippen molar-refractivity contribution in [1.29, 1.82) is 0 Å². The predicted molar refractivity (Wildman–Crippen MR) is 83.7 cm³/mol. The van der Waals surface area contributed by atoms with Crippen LogP contribution >= 0.6 is 0 Å². The summed E-state index contributed by atoms with van der Waals surface area (Å²) in [6, 6.07) is 8.24. The molecule has 0 unspecified atom stereocenters. The van der Waals surface area contributed by atoms with E-state index in [-0.39, 0.29) is 0 Å². The second-order valence-corrected chi connectivity index (χ2v) is 4.79. The number of hydrogen-bond acceptors (Lipinski definition) is 1. The first-order chi connectivity index (χ1) is 9.24. The van der Waals surface area contributed by atoms with Crippen molar-refractivity contribution in [3.8, 4) is 5.75 Å². The number of aryl methyl sites for hydroxylation is 1. The summed E-state index contributed by atoms with van der Waals surface area (Å²) in [5.74, 6) is 0.960. The zero-order valence-electron chi connectivity index (χ0n) is 12.7. The first-order valence-corrected chi connectivity index (χ1v) is 7.29. The molecule has 1 aliphatic carbocycles. The minimum absolute atomic E-state index is 0.715. The van der Waals surface area contributed by atoms with E-state index in [4.69, 9.17) is 4.74 Å². The van der Waals surface area contributed by atoms with Gasteiger partial charge in [0.15, 0.2) is 0 Å². The predicted octanol–water partition coefficient (Wildman–Crippen LogP) is 5.46. The Labute approximate surface area is 118 Å². The molecule has 104 valence electrons. The Morgan fingerprint density at radius 3 is 2.32 bits per heavy atom. The molecular formula is C18H26O. The lowest BCUT2D eigenvalue weighted by atomic mass is 10.1. The highest BCUT2D eigenvalue weighted by molar-refractivity contribution is 5.27. The SMILES string of the molecule is CC.CC1=CC=C(COc2ccc(C)cc2)CCC1. The number of benzene rings is 1. The maximum absolute atomic E-state index is 5.79. The van der Waals surface area contributed by atoms with Gasteiger partial charge in [-0.2, -0.15) is 0 Å². The molecule has 0 fully saturated rings. The van der Waals surface area contributed by atoms with Crippen molar-refractivity contribution in [1.82, 2.24) is 0 Å². The molecule has 0 aromatic heterocycles. The van der Waals surface area contributed by atoms with Crippen LogP contribution in [0.5, 0.6) is 5.75 Å². The molecular weight excluding hydrogens is 232 g/mol. The van der Waals surface area contributed by atoms with Crippen molar-refractivity contribution in [2.24, 2.45) is 0 Å². The number of ether oxygens (including phenoxy) is 1. The van der Waals surface area contributed by atoms with Gasteiger partial charge in [0.05, 0.1) is 0 Å². The molecule has 1 aromatic rings. The monoisotopic (exact) mass is 258 g/mol. The zero-order valence-corrected chi connectivity index (χ0v) is 12.7. The van der Waals surface area contributed by atoms with Gasteiger partial charge in [0.2, 0.25) is 0 Å². The Morgan fingerprint density at radius 2 is 1.63 bits per heavy atom. The van der Waals surface area contributed by atoms with Gasteiger partial charge in [0.1, 0.15) is 12.4 Å². The molecule has 1 aromatic carbocycles. The Kier molecular flexibility index (Phi) is 7.02. The lowest BCUT2D eigenvalue weighted by Crippen LogP contribution is -2.00. The summed E-state index contributed by atoms with van der Waals surface area (Å²) in [4.78, 5) is 0. The molecule has 0 saturated carbocycles. The molecule has 0 atom stereocenters. The summed E-state index contributed by atoms with van der Waals surface area (Å²) in [5, 5.41) is 0. The van der Waals surface area contributed by atoms with Gasteiger partial charge in [-0.05, 0) is 50.8 Å². The van der Waals surface area contributed by atoms with Crippen molar-refractivity contribution in [2.45, 2.75) is 47.0 Å². The van der Waals surface area contributed by atoms with Gasteiger partial charge in [-0.1, -0.05) is 49.3 Å². The second-order valence-electron chi connectivity index (χ2n) is 4.79. The molecule has 1 heteroatoms. The van der Waals surface area contributed by atoms with E-state index in [9.17, 15) is 0 Å². The van der Waals surface area contributed by atoms with Crippen molar-refractivity contribution >= 4 is 0 Å². The first-order valence-electron chi connectivity index (χ1n) is 7.29. The van der Waals surface area contributed by atoms with Crippen molar-refractivity contribution in [3.63, 3.8) is 0 Å². The second kappa shape index (κ2) is 8.58. The number of rotatable bonds is 3. The van der Waals surface area contributed by atoms with E-state index in [1.54, 1.807) is 0 Å². The number of hydrogen-bond donors (Lipinski definition) is 0. The molecule has 0 bridgehead atoms. The third-order valence-electron chi connectivity index (χ3n) is 3.12. The van der Waals surface area contributed by atoms with Gasteiger partial charge in [-0.25, -0.2) is 0 Å². The lowest BCUT2D eigenvalue weighted by molar-refractivity contribution is 0.347. The molecule has 2 rings (SSSR count). The molecule has 1 aliphatic rings. The Morgan fingerprint density at radius 1 is 0.947 bits per heavy atom. The fourth-order valence-corrected chi connectivity index (χ4v) is 1.95. The highest BCUT2D eigenvalue weighted by Gasteiger charge is 2.03. The molecule has 0 saturated heterocycles. The summed E-state index contributed by atoms with van der Waals surface area (Å²) in [6.45, 7) is 9.00. The van der Waals surface area contributed by atoms with Crippen molar-refractivity contribution in [3.05, 3.63) is 53.1 Å². The van der Waals surface area contributed by atoms with Crippen LogP contribution in [0, 0.1) is 6.92 Å². The Hall–Kier alpha value is -1.50. The first kappa shape index (κ1) is 15.6. The molecule has 0 N–H and O–H groups in total. The topological polar surface area (TPSA) is 9.23 Å². The van der Waals surface area contributed by atoms with Crippen LogP contribution in [0.1, 0.15) is 45.6 Å². The van der Waals surface area contributed by atoms with E-state index >= 15 is 0 Å². The quantitative estimate of drug-likeness (QED) is 0.699. The third-order valence-corrected chi connectivity index (χ3v) is 3.12. The fraction of sp³-hybridized carbons (Fsp3) is 0.444. The highest BCUT2D eigenvalue weighted by atomic mass is 16.5. The summed E-state index contributed by atoms with van der Waals surface area (Å²) in [7, 11) is 0. The molecule has 0 heterocycles. The van der Waals surface area contributed by atoms with Gasteiger partial charge >= 0.3 is 0 Å². The minimum Gasteiger partial charge on any atom is -0.489 e. The standard InChI is InChI=1S/C16H20O.C2H6/c1-13-4-3-5-15(9-6-13)12-17-16-10-7-14(2)8-11-16;1-2/h6-11H,3-5,12H2,1-2H3;1-2H3. The summed E-state index contributed by atoms with van der Waals surface area (Å²) < 4.78 is 5.79. The highest BCUT2D eigenvalue weighted by Crippen LogP contribution is 2.19. The van der Waals surface area contributed by atoms with E-state index in [0.29, 0.717) is 6.61 Å². The summed E-state index contributed by atoms with van der Waals surface area (Å²) >= 11 is 0. The average Bonchev–Trinajstić information content (AvgIpc) is 2.65. The van der Waals surface area contributed by atoms with Crippen LogP contribution in [-0.2, 0) is 0 Å². The average molecular weight is 258 g/mol. The van der Waals surface area contributed by atoms with Gasteiger partial charge < -0.3 is 4.74 Å². The van der Waals surface area contributed by atoms with Crippen LogP contribution in [0.15, 0.2) is 47.6 Å². The van der Waals surface area contributed by atoms with Crippen LogP contribution < -0.4 is 4.74 Å². The van der Waals surface area contributed by atoms with E-state index in [2.05, 4.69) is 38.1 Å². The van der Waals surface area contributed by atoms with E-state index in [0.717, 1.165) is 12.2 Å². The van der Waals surface area contributed by atoms with Crippen LogP contribution in [0.2, 0.25) is 0 Å². The lowest BCUT2D eigenvalue weighted by Gasteiger charge is -2.08. The van der Waals surface area contributed by atoms with E-state index in [1.807, 2.05) is 26.0 Å². The van der Waals surface area contributed by atoms with Crippen LogP contribution in [0.3, 0.4) is 0 Å². The summed E-state index contributed by atoms with van der Waals surface area (Å²) in [5.41, 5.74) is 4.13. The normalized spacial score (nSPS) is 14.5. The zero-order chi connectivity index (χ0) is 14.1. The van der Waals surface area contributed by atoms with Crippen LogP contribution in [-0.4, -0.2) is 6.61 Å². The molecule has 19 heavy (non-hydrogen) atoms. The molecule has 0 amide bonds. The van der Waals surface area contributed by atoms with Gasteiger partial charge in [-0.3, -0.25) is 0 Å².